The van der Waals surface area contributed by atoms with Crippen LogP contribution in [0.25, 0.3) is 150 Å². The van der Waals surface area contributed by atoms with Gasteiger partial charge in [-0.2, -0.15) is 0 Å². The summed E-state index contributed by atoms with van der Waals surface area (Å²) in [4.78, 5) is 0. The number of thiophene rings is 2. The second-order valence-corrected chi connectivity index (χ2v) is 22.6. The summed E-state index contributed by atoms with van der Waals surface area (Å²) in [6.07, 6.45) is 0.850. The van der Waals surface area contributed by atoms with Gasteiger partial charge in [-0.1, -0.05) is 163 Å². The third-order valence-corrected chi connectivity index (χ3v) is 18.4. The number of aryl methyl sites for hydroxylation is 2. The van der Waals surface area contributed by atoms with E-state index in [2.05, 4.69) is 232 Å². The number of furan rings is 1. The Labute approximate surface area is 434 Å². The maximum atomic E-state index is 6.97. The number of rotatable bonds is 5. The van der Waals surface area contributed by atoms with Gasteiger partial charge in [0.2, 0.25) is 0 Å². The van der Waals surface area contributed by atoms with Crippen LogP contribution in [0.2, 0.25) is 0 Å². The Morgan fingerprint density at radius 2 is 0.973 bits per heavy atom. The van der Waals surface area contributed by atoms with Crippen LogP contribution >= 0.6 is 22.7 Å². The van der Waals surface area contributed by atoms with Gasteiger partial charge in [0.25, 0.3) is 0 Å². The van der Waals surface area contributed by atoms with Gasteiger partial charge in [0.15, 0.2) is 0 Å². The molecule has 16 rings (SSSR count). The van der Waals surface area contributed by atoms with Gasteiger partial charge >= 0.3 is 0 Å². The van der Waals surface area contributed by atoms with Crippen LogP contribution in [0, 0.1) is 13.8 Å². The van der Waals surface area contributed by atoms with Crippen molar-refractivity contribution in [2.45, 2.75) is 20.3 Å². The summed E-state index contributed by atoms with van der Waals surface area (Å²) >= 11 is 3.80. The predicted molar refractivity (Wildman–Crippen MR) is 322 cm³/mol. The van der Waals surface area contributed by atoms with Crippen molar-refractivity contribution >= 4 is 139 Å². The maximum absolute atomic E-state index is 6.97. The smallest absolute Gasteiger partial charge is 0.143 e. The van der Waals surface area contributed by atoms with Crippen LogP contribution < -0.4 is 0 Å². The number of benzene rings is 13. The summed E-state index contributed by atoms with van der Waals surface area (Å²) in [5, 5.41) is 20.2. The van der Waals surface area contributed by atoms with Crippen LogP contribution in [0.5, 0.6) is 0 Å². The van der Waals surface area contributed by atoms with Gasteiger partial charge in [-0.3, -0.25) is 0 Å². The lowest BCUT2D eigenvalue weighted by Gasteiger charge is -2.15. The first-order valence-electron chi connectivity index (χ1n) is 25.6. The SMILES string of the molecule is Cc1ccc(-c2ccc3sc4cc5cc(Cc6ccc7c(c6)c6ccccc6c6oc8cc(-c9ccc%10cc%11c(-c%12ccccc%12)c%12c(sc%13ccccc%13%12)c(C)c%11cc%10c9)ccc8c76)ccc5cc4c3c2)cc1. The quantitative estimate of drug-likeness (QED) is 0.124. The molecule has 3 aromatic heterocycles. The van der Waals surface area contributed by atoms with Crippen LogP contribution in [0.3, 0.4) is 0 Å². The highest BCUT2D eigenvalue weighted by Gasteiger charge is 2.21. The Morgan fingerprint density at radius 3 is 1.85 bits per heavy atom. The topological polar surface area (TPSA) is 13.1 Å². The van der Waals surface area contributed by atoms with E-state index in [9.17, 15) is 0 Å². The molecule has 346 valence electrons. The van der Waals surface area contributed by atoms with E-state index in [-0.39, 0.29) is 0 Å². The predicted octanol–water partition coefficient (Wildman–Crippen LogP) is 21.3. The first kappa shape index (κ1) is 42.0. The minimum Gasteiger partial charge on any atom is -0.455 e. The highest BCUT2D eigenvalue weighted by atomic mass is 32.1. The van der Waals surface area contributed by atoms with Gasteiger partial charge in [-0.05, 0) is 179 Å². The van der Waals surface area contributed by atoms with Crippen molar-refractivity contribution in [1.29, 1.82) is 0 Å². The fourth-order valence-electron chi connectivity index (χ4n) is 12.3. The molecule has 0 saturated heterocycles. The van der Waals surface area contributed by atoms with Crippen molar-refractivity contribution in [3.63, 3.8) is 0 Å². The van der Waals surface area contributed by atoms with Gasteiger partial charge in [0.05, 0.1) is 0 Å². The Morgan fingerprint density at radius 1 is 0.338 bits per heavy atom. The molecule has 1 nitrogen and oxygen atoms in total. The van der Waals surface area contributed by atoms with E-state index in [1.165, 1.54) is 144 Å². The molecule has 0 N–H and O–H groups in total. The summed E-state index contributed by atoms with van der Waals surface area (Å²) in [5.41, 5.74) is 14.5. The van der Waals surface area contributed by atoms with Crippen molar-refractivity contribution in [1.82, 2.24) is 0 Å². The molecule has 0 unspecified atom stereocenters. The molecular weight excluding hydrogens is 933 g/mol. The third kappa shape index (κ3) is 6.40. The highest BCUT2D eigenvalue weighted by molar-refractivity contribution is 7.26. The van der Waals surface area contributed by atoms with Crippen LogP contribution in [0.1, 0.15) is 22.3 Å². The van der Waals surface area contributed by atoms with E-state index in [4.69, 9.17) is 4.42 Å². The molecule has 3 heterocycles. The van der Waals surface area contributed by atoms with Gasteiger partial charge in [-0.25, -0.2) is 0 Å². The fraction of sp³-hybridized carbons (Fsp3) is 0.0423. The van der Waals surface area contributed by atoms with Crippen molar-refractivity contribution in [3.8, 4) is 33.4 Å². The van der Waals surface area contributed by atoms with Crippen LogP contribution in [-0.2, 0) is 6.42 Å². The van der Waals surface area contributed by atoms with Gasteiger partial charge < -0.3 is 4.42 Å². The van der Waals surface area contributed by atoms with Gasteiger partial charge in [0.1, 0.15) is 11.2 Å². The first-order valence-corrected chi connectivity index (χ1v) is 27.2. The molecule has 0 saturated carbocycles. The molecule has 0 aliphatic carbocycles. The lowest BCUT2D eigenvalue weighted by molar-refractivity contribution is 0.673. The lowest BCUT2D eigenvalue weighted by Crippen LogP contribution is -1.90. The largest absolute Gasteiger partial charge is 0.455 e. The summed E-state index contributed by atoms with van der Waals surface area (Å²) in [7, 11) is 0. The minimum absolute atomic E-state index is 0.850. The lowest BCUT2D eigenvalue weighted by atomic mass is 9.89. The zero-order valence-corrected chi connectivity index (χ0v) is 42.3. The third-order valence-electron chi connectivity index (χ3n) is 16.0. The Bertz CT molecular complexity index is 5050. The second-order valence-electron chi connectivity index (χ2n) is 20.5. The average Bonchev–Trinajstić information content (AvgIpc) is 4.14. The highest BCUT2D eigenvalue weighted by Crippen LogP contribution is 2.48. The molecule has 13 aromatic carbocycles. The van der Waals surface area contributed by atoms with Crippen molar-refractivity contribution in [3.05, 3.63) is 241 Å². The van der Waals surface area contributed by atoms with Crippen LogP contribution in [-0.4, -0.2) is 0 Å². The summed E-state index contributed by atoms with van der Waals surface area (Å²) in [6.45, 7) is 4.45. The van der Waals surface area contributed by atoms with E-state index in [0.717, 1.165) is 33.9 Å². The molecular formula is C71H44OS2. The standard InChI is InChI=1S/C71H44OS2/c1-40-16-20-44(21-17-40)47-26-29-65-60(34-47)61-35-48-22-18-42(31-51(48)39-66(61)73-65)30-43-19-27-54-59(32-43)53-12-6-7-13-55(53)70-68(54)56-28-25-50(38-63(56)72-70)46-23-24-49-36-62-58(37-52(49)33-46)41(2)71-69(57-14-8-9-15-64(57)74-71)67(62)45-10-4-3-5-11-45/h3-29,31-39H,30H2,1-2H3. The zero-order valence-electron chi connectivity index (χ0n) is 40.7. The Hall–Kier alpha value is -8.60. The molecule has 0 amide bonds. The molecule has 0 bridgehead atoms. The molecule has 0 atom stereocenters. The van der Waals surface area contributed by atoms with Gasteiger partial charge in [0, 0.05) is 56.5 Å². The van der Waals surface area contributed by atoms with Crippen molar-refractivity contribution in [2.24, 2.45) is 0 Å². The molecule has 0 radical (unpaired) electrons. The number of hydrogen-bond acceptors (Lipinski definition) is 3. The van der Waals surface area contributed by atoms with Crippen LogP contribution in [0.15, 0.2) is 223 Å². The van der Waals surface area contributed by atoms with E-state index in [1.807, 2.05) is 22.7 Å². The fourth-order valence-corrected chi connectivity index (χ4v) is 14.7. The van der Waals surface area contributed by atoms with E-state index >= 15 is 0 Å². The van der Waals surface area contributed by atoms with Gasteiger partial charge in [-0.15, -0.1) is 22.7 Å². The van der Waals surface area contributed by atoms with Crippen molar-refractivity contribution < 1.29 is 4.42 Å². The van der Waals surface area contributed by atoms with E-state index in [0.29, 0.717) is 0 Å². The summed E-state index contributed by atoms with van der Waals surface area (Å²) < 4.78 is 12.3. The minimum atomic E-state index is 0.850. The molecule has 0 fully saturated rings. The summed E-state index contributed by atoms with van der Waals surface area (Å²) in [5.74, 6) is 0. The monoisotopic (exact) mass is 976 g/mol. The maximum Gasteiger partial charge on any atom is 0.143 e. The Balaban J connectivity index is 0.767. The molecule has 0 spiro atoms. The molecule has 0 aliphatic rings. The van der Waals surface area contributed by atoms with Crippen molar-refractivity contribution in [2.75, 3.05) is 0 Å². The summed E-state index contributed by atoms with van der Waals surface area (Å²) in [6, 6.07) is 81.9. The number of hydrogen-bond donors (Lipinski definition) is 0. The second kappa shape index (κ2) is 15.9. The molecule has 3 heteroatoms. The van der Waals surface area contributed by atoms with E-state index < -0.39 is 0 Å². The normalized spacial score (nSPS) is 12.2. The average molecular weight is 977 g/mol. The van der Waals surface area contributed by atoms with Crippen LogP contribution in [0.4, 0.5) is 0 Å². The number of fused-ring (bicyclic) bond motifs is 17. The Kier molecular flexibility index (Phi) is 9.04. The first-order chi connectivity index (χ1) is 36.4. The zero-order chi connectivity index (χ0) is 48.8. The molecule has 16 aromatic rings. The molecule has 74 heavy (non-hydrogen) atoms. The molecule has 0 aliphatic heterocycles. The van der Waals surface area contributed by atoms with E-state index in [1.54, 1.807) is 0 Å².